The molecule has 0 fully saturated rings. The van der Waals surface area contributed by atoms with Gasteiger partial charge in [0.25, 0.3) is 6.47 Å². The van der Waals surface area contributed by atoms with Crippen LogP contribution in [0.4, 0.5) is 0 Å². The molecule has 0 aromatic carbocycles. The number of carbonyl (C=O) groups excluding carboxylic acids is 1. The fraction of sp³-hybridized carbons (Fsp3) is 0.364. The highest BCUT2D eigenvalue weighted by Crippen LogP contribution is 2.09. The van der Waals surface area contributed by atoms with E-state index in [2.05, 4.69) is 5.92 Å². The Kier molecular flexibility index (Phi) is 6.35. The van der Waals surface area contributed by atoms with Gasteiger partial charge in [-0.2, -0.15) is 0 Å². The second-order valence-electron chi connectivity index (χ2n) is 2.42. The minimum atomic E-state index is -0.293. The van der Waals surface area contributed by atoms with Crippen molar-refractivity contribution in [2.45, 2.75) is 26.4 Å². The zero-order chi connectivity index (χ0) is 10.1. The van der Waals surface area contributed by atoms with Crippen LogP contribution >= 0.6 is 0 Å². The molecule has 0 spiro atoms. The lowest BCUT2D eigenvalue weighted by atomic mass is 10.1. The third-order valence-corrected chi connectivity index (χ3v) is 1.57. The number of carbonyl (C=O) groups is 1. The van der Waals surface area contributed by atoms with Crippen LogP contribution in [0.25, 0.3) is 0 Å². The molecule has 2 heteroatoms. The molecule has 1 unspecified atom stereocenters. The third-order valence-electron chi connectivity index (χ3n) is 1.57. The highest BCUT2D eigenvalue weighted by Gasteiger charge is 2.09. The first kappa shape index (κ1) is 11.5. The maximum absolute atomic E-state index is 10.1. The number of ether oxygens (including phenoxy) is 1. The number of rotatable bonds is 5. The first-order valence-electron chi connectivity index (χ1n) is 4.18. The van der Waals surface area contributed by atoms with Crippen molar-refractivity contribution in [1.82, 2.24) is 0 Å². The Morgan fingerprint density at radius 2 is 2.38 bits per heavy atom. The molecule has 70 valence electrons. The van der Waals surface area contributed by atoms with Crippen LogP contribution in [-0.4, -0.2) is 12.6 Å². The van der Waals surface area contributed by atoms with E-state index in [9.17, 15) is 4.79 Å². The molecule has 0 aliphatic rings. The zero-order valence-electron chi connectivity index (χ0n) is 7.99. The summed E-state index contributed by atoms with van der Waals surface area (Å²) in [6.07, 6.45) is 11.1. The van der Waals surface area contributed by atoms with Crippen molar-refractivity contribution in [3.8, 4) is 12.3 Å². The van der Waals surface area contributed by atoms with Gasteiger partial charge in [0.15, 0.2) is 0 Å². The molecule has 13 heavy (non-hydrogen) atoms. The lowest BCUT2D eigenvalue weighted by Gasteiger charge is -2.11. The Hall–Kier alpha value is -1.49. The molecule has 0 saturated carbocycles. The van der Waals surface area contributed by atoms with Crippen molar-refractivity contribution < 1.29 is 9.53 Å². The SMILES string of the molecule is C#C/C(=C\C=C/C)C(CC)OC=O. The Labute approximate surface area is 79.3 Å². The van der Waals surface area contributed by atoms with E-state index in [-0.39, 0.29) is 6.10 Å². The Morgan fingerprint density at radius 3 is 2.77 bits per heavy atom. The van der Waals surface area contributed by atoms with Crippen LogP contribution in [0.5, 0.6) is 0 Å². The summed E-state index contributed by atoms with van der Waals surface area (Å²) in [5.41, 5.74) is 0.688. The van der Waals surface area contributed by atoms with E-state index in [1.54, 1.807) is 6.08 Å². The first-order valence-corrected chi connectivity index (χ1v) is 4.18. The van der Waals surface area contributed by atoms with E-state index in [1.165, 1.54) is 0 Å². The molecule has 0 aromatic heterocycles. The van der Waals surface area contributed by atoms with Gasteiger partial charge in [0, 0.05) is 5.57 Å². The molecule has 0 saturated heterocycles. The molecule has 0 N–H and O–H groups in total. The van der Waals surface area contributed by atoms with Gasteiger partial charge in [0.2, 0.25) is 0 Å². The van der Waals surface area contributed by atoms with Crippen LogP contribution in [0.3, 0.4) is 0 Å². The number of terminal acetylenes is 1. The van der Waals surface area contributed by atoms with Gasteiger partial charge in [-0.15, -0.1) is 6.42 Å². The molecule has 0 aliphatic heterocycles. The zero-order valence-corrected chi connectivity index (χ0v) is 7.99. The summed E-state index contributed by atoms with van der Waals surface area (Å²) in [6.45, 7) is 4.23. The number of hydrogen-bond donors (Lipinski definition) is 0. The molecule has 0 rings (SSSR count). The van der Waals surface area contributed by atoms with Crippen molar-refractivity contribution in [2.24, 2.45) is 0 Å². The minimum Gasteiger partial charge on any atom is -0.459 e. The van der Waals surface area contributed by atoms with Crippen LogP contribution in [-0.2, 0) is 9.53 Å². The van der Waals surface area contributed by atoms with Crippen molar-refractivity contribution in [3.63, 3.8) is 0 Å². The summed E-state index contributed by atoms with van der Waals surface area (Å²) < 4.78 is 4.82. The van der Waals surface area contributed by atoms with E-state index < -0.39 is 0 Å². The van der Waals surface area contributed by atoms with Gasteiger partial charge in [-0.25, -0.2) is 0 Å². The monoisotopic (exact) mass is 178 g/mol. The van der Waals surface area contributed by atoms with Crippen LogP contribution in [0.15, 0.2) is 23.8 Å². The van der Waals surface area contributed by atoms with Crippen molar-refractivity contribution >= 4 is 6.47 Å². The summed E-state index contributed by atoms with van der Waals surface area (Å²) in [4.78, 5) is 10.1. The molecular formula is C11H14O2. The normalized spacial score (nSPS) is 13.8. The minimum absolute atomic E-state index is 0.293. The lowest BCUT2D eigenvalue weighted by molar-refractivity contribution is -0.131. The van der Waals surface area contributed by atoms with Crippen LogP contribution in [0.1, 0.15) is 20.3 Å². The fourth-order valence-electron chi connectivity index (χ4n) is 0.905. The van der Waals surface area contributed by atoms with Gasteiger partial charge >= 0.3 is 0 Å². The first-order chi connectivity index (χ1) is 6.29. The van der Waals surface area contributed by atoms with Crippen molar-refractivity contribution in [3.05, 3.63) is 23.8 Å². The standard InChI is InChI=1S/C11H14O2/c1-4-7-8-10(5-2)11(6-3)13-9-12/h2,4,7-9,11H,6H2,1,3H3/b7-4-,10-8+. The largest absolute Gasteiger partial charge is 0.459 e. The van der Waals surface area contributed by atoms with Crippen LogP contribution in [0.2, 0.25) is 0 Å². The average molecular weight is 178 g/mol. The third kappa shape index (κ3) is 4.17. The molecule has 0 bridgehead atoms. The highest BCUT2D eigenvalue weighted by atomic mass is 16.5. The molecule has 0 amide bonds. The topological polar surface area (TPSA) is 26.3 Å². The Morgan fingerprint density at radius 1 is 1.69 bits per heavy atom. The summed E-state index contributed by atoms with van der Waals surface area (Å²) >= 11 is 0. The van der Waals surface area contributed by atoms with E-state index in [0.29, 0.717) is 18.5 Å². The Balaban J connectivity index is 4.53. The summed E-state index contributed by atoms with van der Waals surface area (Å²) in [7, 11) is 0. The molecule has 0 radical (unpaired) electrons. The fourth-order valence-corrected chi connectivity index (χ4v) is 0.905. The Bertz CT molecular complexity index is 243. The molecule has 0 aliphatic carbocycles. The van der Waals surface area contributed by atoms with Gasteiger partial charge < -0.3 is 4.74 Å². The smallest absolute Gasteiger partial charge is 0.293 e. The summed E-state index contributed by atoms with van der Waals surface area (Å²) in [5, 5.41) is 0. The highest BCUT2D eigenvalue weighted by molar-refractivity contribution is 5.41. The van der Waals surface area contributed by atoms with Crippen molar-refractivity contribution in [1.29, 1.82) is 0 Å². The van der Waals surface area contributed by atoms with Gasteiger partial charge in [0.05, 0.1) is 0 Å². The van der Waals surface area contributed by atoms with E-state index in [0.717, 1.165) is 0 Å². The number of allylic oxidation sites excluding steroid dienone is 3. The van der Waals surface area contributed by atoms with Crippen LogP contribution < -0.4 is 0 Å². The molecule has 2 nitrogen and oxygen atoms in total. The lowest BCUT2D eigenvalue weighted by Crippen LogP contribution is -2.12. The predicted octanol–water partition coefficient (Wildman–Crippen LogP) is 2.07. The molecule has 0 heterocycles. The molecule has 0 aromatic rings. The maximum atomic E-state index is 10.1. The average Bonchev–Trinajstić information content (AvgIpc) is 2.17. The quantitative estimate of drug-likeness (QED) is 0.366. The van der Waals surface area contributed by atoms with E-state index in [4.69, 9.17) is 11.2 Å². The second kappa shape index (κ2) is 7.17. The van der Waals surface area contributed by atoms with E-state index >= 15 is 0 Å². The second-order valence-corrected chi connectivity index (χ2v) is 2.42. The summed E-state index contributed by atoms with van der Waals surface area (Å²) in [5.74, 6) is 2.50. The maximum Gasteiger partial charge on any atom is 0.293 e. The summed E-state index contributed by atoms with van der Waals surface area (Å²) in [6, 6.07) is 0. The van der Waals surface area contributed by atoms with Gasteiger partial charge in [-0.1, -0.05) is 25.0 Å². The predicted molar refractivity (Wildman–Crippen MR) is 53.0 cm³/mol. The van der Waals surface area contributed by atoms with E-state index in [1.807, 2.05) is 26.0 Å². The molecule has 1 atom stereocenters. The van der Waals surface area contributed by atoms with Crippen molar-refractivity contribution in [2.75, 3.05) is 0 Å². The van der Waals surface area contributed by atoms with Gasteiger partial charge in [-0.05, 0) is 19.4 Å². The van der Waals surface area contributed by atoms with Gasteiger partial charge in [-0.3, -0.25) is 4.79 Å². The van der Waals surface area contributed by atoms with Crippen LogP contribution in [0, 0.1) is 12.3 Å². The number of hydrogen-bond acceptors (Lipinski definition) is 2. The van der Waals surface area contributed by atoms with Gasteiger partial charge in [0.1, 0.15) is 6.10 Å². The molecular weight excluding hydrogens is 164 g/mol.